The first kappa shape index (κ1) is 19.5. The average molecular weight is 425 g/mol. The van der Waals surface area contributed by atoms with Crippen molar-refractivity contribution in [2.24, 2.45) is 4.99 Å². The van der Waals surface area contributed by atoms with Gasteiger partial charge in [0.2, 0.25) is 12.1 Å². The summed E-state index contributed by atoms with van der Waals surface area (Å²) in [6.07, 6.45) is -0.962. The summed E-state index contributed by atoms with van der Waals surface area (Å²) in [5.74, 6) is 0.647. The number of benzodiazepines with no additional fused rings is 1. The Morgan fingerprint density at radius 1 is 0.938 bits per heavy atom. The molecular weight excluding hydrogens is 406 g/mol. The molecule has 158 valence electrons. The van der Waals surface area contributed by atoms with E-state index in [1.807, 2.05) is 72.8 Å². The molecule has 0 radical (unpaired) electrons. The van der Waals surface area contributed by atoms with E-state index < -0.39 is 6.17 Å². The van der Waals surface area contributed by atoms with E-state index in [9.17, 15) is 4.79 Å². The number of aromatic nitrogens is 2. The van der Waals surface area contributed by atoms with Crippen LogP contribution in [0, 0.1) is 0 Å². The molecule has 1 aromatic heterocycles. The third-order valence-electron chi connectivity index (χ3n) is 5.00. The van der Waals surface area contributed by atoms with E-state index in [0.717, 1.165) is 11.1 Å². The third-order valence-corrected chi connectivity index (χ3v) is 5.00. The van der Waals surface area contributed by atoms with E-state index >= 15 is 0 Å². The van der Waals surface area contributed by atoms with Gasteiger partial charge >= 0.3 is 6.01 Å². The lowest BCUT2D eigenvalue weighted by Crippen LogP contribution is -2.32. The maximum atomic E-state index is 12.9. The fourth-order valence-corrected chi connectivity index (χ4v) is 3.45. The Morgan fingerprint density at radius 3 is 2.56 bits per heavy atom. The fourth-order valence-electron chi connectivity index (χ4n) is 3.45. The third kappa shape index (κ3) is 3.81. The summed E-state index contributed by atoms with van der Waals surface area (Å²) in [6.45, 7) is 0. The van der Waals surface area contributed by atoms with Gasteiger partial charge in [-0.1, -0.05) is 59.7 Å². The molecule has 3 aromatic carbocycles. The second-order valence-corrected chi connectivity index (χ2v) is 7.07. The molecule has 0 saturated carbocycles. The van der Waals surface area contributed by atoms with Crippen LogP contribution < -0.4 is 15.4 Å². The number of anilines is 2. The largest absolute Gasteiger partial charge is 0.497 e. The minimum Gasteiger partial charge on any atom is -0.497 e. The predicted molar refractivity (Wildman–Crippen MR) is 121 cm³/mol. The number of amides is 1. The van der Waals surface area contributed by atoms with Crippen molar-refractivity contribution in [3.05, 3.63) is 90.0 Å². The molecule has 1 atom stereocenters. The lowest BCUT2D eigenvalue weighted by atomic mass is 10.0. The monoisotopic (exact) mass is 425 g/mol. The van der Waals surface area contributed by atoms with Crippen LogP contribution in [0.25, 0.3) is 11.5 Å². The van der Waals surface area contributed by atoms with Gasteiger partial charge in [0.05, 0.1) is 18.5 Å². The summed E-state index contributed by atoms with van der Waals surface area (Å²) in [7, 11) is 1.59. The summed E-state index contributed by atoms with van der Waals surface area (Å²) in [6, 6.07) is 24.6. The number of methoxy groups -OCH3 is 1. The maximum Gasteiger partial charge on any atom is 0.317 e. The van der Waals surface area contributed by atoms with Gasteiger partial charge in [-0.05, 0) is 24.3 Å². The van der Waals surface area contributed by atoms with Crippen LogP contribution >= 0.6 is 0 Å². The number of carbonyl (C=O) groups excluding carboxylic acids is 1. The summed E-state index contributed by atoms with van der Waals surface area (Å²) in [5.41, 5.74) is 3.80. The molecule has 0 spiro atoms. The average Bonchev–Trinajstić information content (AvgIpc) is 3.26. The highest BCUT2D eigenvalue weighted by Crippen LogP contribution is 2.26. The number of benzene rings is 3. The molecule has 0 bridgehead atoms. The molecule has 0 saturated heterocycles. The summed E-state index contributed by atoms with van der Waals surface area (Å²) < 4.78 is 11.0. The number of hydrogen-bond donors (Lipinski definition) is 2. The zero-order valence-electron chi connectivity index (χ0n) is 17.1. The lowest BCUT2D eigenvalue weighted by molar-refractivity contribution is -0.116. The summed E-state index contributed by atoms with van der Waals surface area (Å²) in [5, 5.41) is 14.0. The number of nitrogens with zero attached hydrogens (tertiary/aromatic N) is 3. The van der Waals surface area contributed by atoms with Crippen molar-refractivity contribution in [1.29, 1.82) is 0 Å². The molecule has 5 rings (SSSR count). The number of para-hydroxylation sites is 1. The zero-order valence-corrected chi connectivity index (χ0v) is 17.1. The Kier molecular flexibility index (Phi) is 5.09. The second-order valence-electron chi connectivity index (χ2n) is 7.07. The quantitative estimate of drug-likeness (QED) is 0.502. The van der Waals surface area contributed by atoms with Crippen LogP contribution in [0.4, 0.5) is 11.7 Å². The van der Waals surface area contributed by atoms with Gasteiger partial charge in [0.25, 0.3) is 5.91 Å². The fraction of sp³-hybridized carbons (Fsp3) is 0.0833. The molecule has 1 aliphatic heterocycles. The van der Waals surface area contributed by atoms with Gasteiger partial charge in [0.1, 0.15) is 5.75 Å². The van der Waals surface area contributed by atoms with Gasteiger partial charge < -0.3 is 19.8 Å². The molecule has 32 heavy (non-hydrogen) atoms. The topological polar surface area (TPSA) is 102 Å². The molecule has 1 amide bonds. The number of ether oxygens (including phenoxy) is 1. The SMILES string of the molecule is COc1cccc(-c2nnc(N[C@H]3N=C(c4ccccc4)c4ccccc4NC3=O)o2)c1. The smallest absolute Gasteiger partial charge is 0.317 e. The molecule has 0 aliphatic carbocycles. The Hall–Kier alpha value is -4.46. The highest BCUT2D eigenvalue weighted by Gasteiger charge is 2.27. The van der Waals surface area contributed by atoms with Gasteiger partial charge in [-0.3, -0.25) is 4.79 Å². The number of rotatable bonds is 5. The van der Waals surface area contributed by atoms with Crippen LogP contribution in [0.2, 0.25) is 0 Å². The predicted octanol–water partition coefficient (Wildman–Crippen LogP) is 3.97. The van der Waals surface area contributed by atoms with Crippen molar-refractivity contribution in [2.75, 3.05) is 17.7 Å². The number of fused-ring (bicyclic) bond motifs is 1. The molecule has 8 heteroatoms. The zero-order chi connectivity index (χ0) is 21.9. The van der Waals surface area contributed by atoms with Gasteiger partial charge in [0.15, 0.2) is 0 Å². The molecule has 2 heterocycles. The van der Waals surface area contributed by atoms with E-state index in [0.29, 0.717) is 28.6 Å². The minimum atomic E-state index is -0.962. The van der Waals surface area contributed by atoms with Crippen LogP contribution in [0.15, 0.2) is 88.3 Å². The lowest BCUT2D eigenvalue weighted by Gasteiger charge is -2.11. The molecular formula is C24H19N5O3. The molecule has 0 fully saturated rings. The first-order valence-electron chi connectivity index (χ1n) is 9.99. The first-order chi connectivity index (χ1) is 15.7. The molecule has 0 unspecified atom stereocenters. The number of nitrogens with one attached hydrogen (secondary N) is 2. The number of aliphatic imine (C=N–C) groups is 1. The molecule has 1 aliphatic rings. The molecule has 2 N–H and O–H groups in total. The van der Waals surface area contributed by atoms with E-state index in [1.54, 1.807) is 13.2 Å². The van der Waals surface area contributed by atoms with E-state index in [1.165, 1.54) is 0 Å². The van der Waals surface area contributed by atoms with Crippen LogP contribution in [0.5, 0.6) is 5.75 Å². The van der Waals surface area contributed by atoms with Crippen molar-refractivity contribution in [1.82, 2.24) is 10.2 Å². The van der Waals surface area contributed by atoms with Crippen molar-refractivity contribution < 1.29 is 13.9 Å². The normalized spacial score (nSPS) is 15.2. The first-order valence-corrected chi connectivity index (χ1v) is 9.99. The number of hydrogen-bond acceptors (Lipinski definition) is 7. The van der Waals surface area contributed by atoms with Gasteiger partial charge in [-0.25, -0.2) is 4.99 Å². The highest BCUT2D eigenvalue weighted by molar-refractivity contribution is 6.19. The van der Waals surface area contributed by atoms with Gasteiger partial charge in [-0.15, -0.1) is 5.10 Å². The maximum absolute atomic E-state index is 12.9. The standard InChI is InChI=1S/C24H19N5O3/c1-31-17-11-7-10-16(14-17)23-28-29-24(32-23)27-21-22(30)25-19-13-6-5-12-18(19)20(26-21)15-8-3-2-4-9-15/h2-14,21H,1H3,(H,25,30)(H,27,29)/t21-/m1/s1. The Morgan fingerprint density at radius 2 is 1.72 bits per heavy atom. The van der Waals surface area contributed by atoms with E-state index in [2.05, 4.69) is 20.8 Å². The Labute approximate surface area is 184 Å². The van der Waals surface area contributed by atoms with Gasteiger partial charge in [-0.2, -0.15) is 0 Å². The van der Waals surface area contributed by atoms with Crippen molar-refractivity contribution in [3.8, 4) is 17.2 Å². The van der Waals surface area contributed by atoms with Crippen molar-refractivity contribution in [3.63, 3.8) is 0 Å². The number of carbonyl (C=O) groups is 1. The second kappa shape index (κ2) is 8.35. The van der Waals surface area contributed by atoms with Crippen LogP contribution in [0.3, 0.4) is 0 Å². The molecule has 4 aromatic rings. The van der Waals surface area contributed by atoms with Crippen molar-refractivity contribution in [2.45, 2.75) is 6.17 Å². The summed E-state index contributed by atoms with van der Waals surface area (Å²) >= 11 is 0. The Balaban J connectivity index is 1.48. The summed E-state index contributed by atoms with van der Waals surface area (Å²) in [4.78, 5) is 17.7. The van der Waals surface area contributed by atoms with Crippen molar-refractivity contribution >= 4 is 23.3 Å². The van der Waals surface area contributed by atoms with Gasteiger partial charge in [0, 0.05) is 16.7 Å². The van der Waals surface area contributed by atoms with Crippen LogP contribution in [0.1, 0.15) is 11.1 Å². The highest BCUT2D eigenvalue weighted by atomic mass is 16.5. The van der Waals surface area contributed by atoms with Crippen LogP contribution in [-0.4, -0.2) is 35.1 Å². The molecule has 8 nitrogen and oxygen atoms in total. The van der Waals surface area contributed by atoms with E-state index in [4.69, 9.17) is 14.1 Å². The van der Waals surface area contributed by atoms with Crippen LogP contribution in [-0.2, 0) is 4.79 Å². The minimum absolute atomic E-state index is 0.0880. The Bertz CT molecular complexity index is 1300. The van der Waals surface area contributed by atoms with E-state index in [-0.39, 0.29) is 11.9 Å².